The number of pyridine rings is 1. The number of benzene rings is 1. The maximum Gasteiger partial charge on any atom is 0.295 e. The summed E-state index contributed by atoms with van der Waals surface area (Å²) < 4.78 is 13.2. The van der Waals surface area contributed by atoms with Crippen molar-refractivity contribution in [2.24, 2.45) is 0 Å². The monoisotopic (exact) mass is 378 g/mol. The van der Waals surface area contributed by atoms with Gasteiger partial charge < -0.3 is 4.90 Å². The molecule has 1 atom stereocenters. The van der Waals surface area contributed by atoms with E-state index in [1.165, 1.54) is 18.3 Å². The van der Waals surface area contributed by atoms with E-state index in [-0.39, 0.29) is 11.7 Å². The molecule has 6 nitrogen and oxygen atoms in total. The molecule has 142 valence electrons. The average Bonchev–Trinajstić information content (AvgIpc) is 3.24. The third kappa shape index (κ3) is 3.55. The fourth-order valence-electron chi connectivity index (χ4n) is 3.63. The summed E-state index contributed by atoms with van der Waals surface area (Å²) in [6.07, 6.45) is 6.35. The van der Waals surface area contributed by atoms with Gasteiger partial charge in [0.2, 0.25) is 0 Å². The lowest BCUT2D eigenvalue weighted by atomic mass is 9.90. The lowest BCUT2D eigenvalue weighted by Crippen LogP contribution is -2.42. The molecule has 0 saturated carbocycles. The Kier molecular flexibility index (Phi) is 4.97. The molecule has 1 fully saturated rings. The number of hydrogen-bond donors (Lipinski definition) is 1. The highest BCUT2D eigenvalue weighted by atomic mass is 19.1. The SMILES string of the molecule is O=C(C(=O)N1CCC[C@H](c2[nH]ncc2-c2ccc(F)cc2)C1)c1cccnc1. The fraction of sp³-hybridized carbons (Fsp3) is 0.238. The van der Waals surface area contributed by atoms with Crippen LogP contribution in [-0.2, 0) is 4.79 Å². The van der Waals surface area contributed by atoms with Gasteiger partial charge in [-0.3, -0.25) is 19.7 Å². The van der Waals surface area contributed by atoms with Crippen molar-refractivity contribution in [2.75, 3.05) is 13.1 Å². The van der Waals surface area contributed by atoms with Crippen LogP contribution in [0.3, 0.4) is 0 Å². The van der Waals surface area contributed by atoms with E-state index in [9.17, 15) is 14.0 Å². The molecule has 1 saturated heterocycles. The maximum absolute atomic E-state index is 13.2. The van der Waals surface area contributed by atoms with Crippen molar-refractivity contribution >= 4 is 11.7 Å². The number of likely N-dealkylation sites (tertiary alicyclic amines) is 1. The standard InChI is InChI=1S/C21H19FN4O2/c22-17-7-5-14(6-8-17)18-12-24-25-19(18)16-4-2-10-26(13-16)21(28)20(27)15-3-1-9-23-11-15/h1,3,5-9,11-12,16H,2,4,10,13H2,(H,24,25)/t16-/m0/s1. The number of Topliss-reactive ketones (excluding diaryl/α,β-unsaturated/α-hetero) is 1. The van der Waals surface area contributed by atoms with Gasteiger partial charge in [0.1, 0.15) is 5.82 Å². The van der Waals surface area contributed by atoms with E-state index in [1.54, 1.807) is 41.6 Å². The molecule has 0 spiro atoms. The molecule has 0 aliphatic carbocycles. The minimum atomic E-state index is -0.544. The highest BCUT2D eigenvalue weighted by Gasteiger charge is 2.31. The van der Waals surface area contributed by atoms with Crippen molar-refractivity contribution in [2.45, 2.75) is 18.8 Å². The molecule has 0 unspecified atom stereocenters. The van der Waals surface area contributed by atoms with Gasteiger partial charge in [-0.05, 0) is 42.7 Å². The highest BCUT2D eigenvalue weighted by molar-refractivity contribution is 6.42. The second-order valence-corrected chi connectivity index (χ2v) is 6.87. The highest BCUT2D eigenvalue weighted by Crippen LogP contribution is 2.33. The Morgan fingerprint density at radius 2 is 1.96 bits per heavy atom. The molecule has 1 N–H and O–H groups in total. The van der Waals surface area contributed by atoms with Gasteiger partial charge in [0.15, 0.2) is 0 Å². The number of amides is 1. The Balaban J connectivity index is 1.53. The van der Waals surface area contributed by atoms with Gasteiger partial charge in [0.25, 0.3) is 11.7 Å². The number of carbonyl (C=O) groups is 2. The van der Waals surface area contributed by atoms with Crippen LogP contribution in [0.5, 0.6) is 0 Å². The largest absolute Gasteiger partial charge is 0.335 e. The predicted molar refractivity (Wildman–Crippen MR) is 101 cm³/mol. The van der Waals surface area contributed by atoms with Crippen LogP contribution >= 0.6 is 0 Å². The number of rotatable bonds is 4. The summed E-state index contributed by atoms with van der Waals surface area (Å²) in [6, 6.07) is 9.47. The normalized spacial score (nSPS) is 16.8. The molecule has 0 radical (unpaired) electrons. The zero-order valence-corrected chi connectivity index (χ0v) is 15.1. The van der Waals surface area contributed by atoms with E-state index < -0.39 is 11.7 Å². The van der Waals surface area contributed by atoms with E-state index in [0.29, 0.717) is 18.7 Å². The Bertz CT molecular complexity index is 985. The second kappa shape index (κ2) is 7.72. The quantitative estimate of drug-likeness (QED) is 0.559. The van der Waals surface area contributed by atoms with Crippen LogP contribution < -0.4 is 0 Å². The smallest absolute Gasteiger partial charge is 0.295 e. The number of aromatic amines is 1. The minimum absolute atomic E-state index is 0.0296. The van der Waals surface area contributed by atoms with E-state index in [2.05, 4.69) is 15.2 Å². The van der Waals surface area contributed by atoms with Crippen LogP contribution in [0.15, 0.2) is 55.0 Å². The molecule has 3 heterocycles. The second-order valence-electron chi connectivity index (χ2n) is 6.87. The number of nitrogens with one attached hydrogen (secondary N) is 1. The number of carbonyl (C=O) groups excluding carboxylic acids is 2. The molecular weight excluding hydrogens is 359 g/mol. The summed E-state index contributed by atoms with van der Waals surface area (Å²) in [5.74, 6) is -1.32. The first kappa shape index (κ1) is 18.0. The Labute approximate surface area is 161 Å². The summed E-state index contributed by atoms with van der Waals surface area (Å²) in [5.41, 5.74) is 2.94. The van der Waals surface area contributed by atoms with E-state index in [0.717, 1.165) is 29.7 Å². The zero-order valence-electron chi connectivity index (χ0n) is 15.1. The molecule has 7 heteroatoms. The number of nitrogens with zero attached hydrogens (tertiary/aromatic N) is 3. The fourth-order valence-corrected chi connectivity index (χ4v) is 3.63. The van der Waals surface area contributed by atoms with Crippen LogP contribution in [0, 0.1) is 5.82 Å². The van der Waals surface area contributed by atoms with Crippen LogP contribution in [-0.4, -0.2) is 44.9 Å². The molecule has 2 aromatic heterocycles. The number of ketones is 1. The third-order valence-corrected chi connectivity index (χ3v) is 5.06. The topological polar surface area (TPSA) is 79.0 Å². The van der Waals surface area contributed by atoms with Crippen LogP contribution in [0.4, 0.5) is 4.39 Å². The molecular formula is C21H19FN4O2. The summed E-state index contributed by atoms with van der Waals surface area (Å²) in [5, 5.41) is 7.18. The summed E-state index contributed by atoms with van der Waals surface area (Å²) in [6.45, 7) is 0.975. The maximum atomic E-state index is 13.2. The van der Waals surface area contributed by atoms with E-state index >= 15 is 0 Å². The Hall–Kier alpha value is -3.35. The number of aromatic nitrogens is 3. The van der Waals surface area contributed by atoms with Gasteiger partial charge in [-0.25, -0.2) is 4.39 Å². The lowest BCUT2D eigenvalue weighted by Gasteiger charge is -2.32. The lowest BCUT2D eigenvalue weighted by molar-refractivity contribution is -0.127. The first-order valence-electron chi connectivity index (χ1n) is 9.16. The molecule has 1 aliphatic rings. The number of H-pyrrole nitrogens is 1. The Morgan fingerprint density at radius 1 is 1.14 bits per heavy atom. The summed E-state index contributed by atoms with van der Waals surface area (Å²) >= 11 is 0. The van der Waals surface area contributed by atoms with Crippen molar-refractivity contribution in [1.29, 1.82) is 0 Å². The minimum Gasteiger partial charge on any atom is -0.335 e. The van der Waals surface area contributed by atoms with Crippen LogP contribution in [0.25, 0.3) is 11.1 Å². The van der Waals surface area contributed by atoms with Crippen molar-refractivity contribution in [3.8, 4) is 11.1 Å². The predicted octanol–water partition coefficient (Wildman–Crippen LogP) is 3.20. The van der Waals surface area contributed by atoms with Crippen molar-refractivity contribution in [3.05, 3.63) is 72.1 Å². The van der Waals surface area contributed by atoms with Crippen molar-refractivity contribution in [1.82, 2.24) is 20.1 Å². The number of hydrogen-bond acceptors (Lipinski definition) is 4. The first-order chi connectivity index (χ1) is 13.6. The third-order valence-electron chi connectivity index (χ3n) is 5.06. The molecule has 0 bridgehead atoms. The molecule has 4 rings (SSSR count). The zero-order chi connectivity index (χ0) is 19.5. The molecule has 28 heavy (non-hydrogen) atoms. The van der Waals surface area contributed by atoms with Crippen molar-refractivity contribution < 1.29 is 14.0 Å². The van der Waals surface area contributed by atoms with Gasteiger partial charge in [0.05, 0.1) is 6.20 Å². The van der Waals surface area contributed by atoms with Gasteiger partial charge >= 0.3 is 0 Å². The molecule has 1 aromatic carbocycles. The summed E-state index contributed by atoms with van der Waals surface area (Å²) in [7, 11) is 0. The van der Waals surface area contributed by atoms with E-state index in [1.807, 2.05) is 0 Å². The van der Waals surface area contributed by atoms with Crippen molar-refractivity contribution in [3.63, 3.8) is 0 Å². The molecule has 1 amide bonds. The van der Waals surface area contributed by atoms with Gasteiger partial charge in [-0.1, -0.05) is 12.1 Å². The Morgan fingerprint density at radius 3 is 2.71 bits per heavy atom. The van der Waals surface area contributed by atoms with Gasteiger partial charge in [-0.15, -0.1) is 0 Å². The number of halogens is 1. The number of piperidine rings is 1. The van der Waals surface area contributed by atoms with Crippen LogP contribution in [0.2, 0.25) is 0 Å². The van der Waals surface area contributed by atoms with Crippen LogP contribution in [0.1, 0.15) is 34.8 Å². The molecule has 1 aliphatic heterocycles. The molecule has 3 aromatic rings. The van der Waals surface area contributed by atoms with Gasteiger partial charge in [-0.2, -0.15) is 5.10 Å². The summed E-state index contributed by atoms with van der Waals surface area (Å²) in [4.78, 5) is 30.7. The van der Waals surface area contributed by atoms with Gasteiger partial charge in [0, 0.05) is 48.2 Å². The average molecular weight is 378 g/mol. The first-order valence-corrected chi connectivity index (χ1v) is 9.16. The van der Waals surface area contributed by atoms with E-state index in [4.69, 9.17) is 0 Å².